The normalized spacial score (nSPS) is 11.7. The van der Waals surface area contributed by atoms with Crippen LogP contribution in [0.4, 0.5) is 10.8 Å². The number of carbonyl (C=O) groups is 2. The van der Waals surface area contributed by atoms with Crippen LogP contribution in [0.5, 0.6) is 0 Å². The number of nitrogens with one attached hydrogen (secondary N) is 1. The Hall–Kier alpha value is -4.00. The zero-order valence-corrected chi connectivity index (χ0v) is 21.7. The second-order valence-corrected chi connectivity index (χ2v) is 9.84. The summed E-state index contributed by atoms with van der Waals surface area (Å²) in [4.78, 5) is 61.2. The lowest BCUT2D eigenvalue weighted by atomic mass is 10.2. The summed E-state index contributed by atoms with van der Waals surface area (Å²) in [5.74, 6) is -2.20. The van der Waals surface area contributed by atoms with E-state index in [0.29, 0.717) is 0 Å². The number of nitro benzene ring substituents is 1. The molecule has 0 aliphatic rings. The van der Waals surface area contributed by atoms with Gasteiger partial charge in [-0.15, -0.1) is 10.2 Å². The minimum atomic E-state index is -2.70. The number of anilines is 1. The fourth-order valence-electron chi connectivity index (χ4n) is 3.15. The van der Waals surface area contributed by atoms with Gasteiger partial charge >= 0.3 is 11.7 Å². The molecule has 0 saturated heterocycles. The standard InChI is InChI=1S/C19H18ClN7O9S2/c1-10-7-25(18(32)21-16(10)31)8-14(28)24(9-15(29)30)4-5-26(38(35)36)19-23-22-17(37-19)12-3-2-11(20)6-13(12)27(33)34/h2-3,6-7H,4-5,8-9H2,1H3,(H,29,30)(H,35,36)(H,21,31,32). The van der Waals surface area contributed by atoms with Crippen molar-refractivity contribution < 1.29 is 28.4 Å². The molecular formula is C19H18ClN7O9S2. The van der Waals surface area contributed by atoms with E-state index in [-0.39, 0.29) is 45.1 Å². The molecule has 1 unspecified atom stereocenters. The number of H-pyrrole nitrogens is 1. The highest BCUT2D eigenvalue weighted by molar-refractivity contribution is 7.81. The number of rotatable bonds is 11. The first-order valence-electron chi connectivity index (χ1n) is 10.3. The van der Waals surface area contributed by atoms with Crippen molar-refractivity contribution in [1.82, 2.24) is 24.6 Å². The predicted octanol–water partition coefficient (Wildman–Crippen LogP) is 0.482. The highest BCUT2D eigenvalue weighted by Crippen LogP contribution is 2.36. The van der Waals surface area contributed by atoms with Crippen molar-refractivity contribution in [1.29, 1.82) is 0 Å². The molecule has 1 atom stereocenters. The number of hydrogen-bond acceptors (Lipinski definition) is 10. The van der Waals surface area contributed by atoms with Crippen LogP contribution in [-0.4, -0.2) is 75.0 Å². The Labute approximate surface area is 223 Å². The highest BCUT2D eigenvalue weighted by atomic mass is 35.5. The van der Waals surface area contributed by atoms with E-state index in [4.69, 9.17) is 11.6 Å². The van der Waals surface area contributed by atoms with E-state index in [9.17, 15) is 43.2 Å². The Bertz CT molecular complexity index is 1540. The maximum Gasteiger partial charge on any atom is 0.328 e. The van der Waals surface area contributed by atoms with Gasteiger partial charge in [0.1, 0.15) is 13.1 Å². The third-order valence-corrected chi connectivity index (χ3v) is 7.01. The Kier molecular flexibility index (Phi) is 9.04. The van der Waals surface area contributed by atoms with Crippen molar-refractivity contribution in [2.75, 3.05) is 23.9 Å². The van der Waals surface area contributed by atoms with Gasteiger partial charge in [-0.25, -0.2) is 13.3 Å². The quantitative estimate of drug-likeness (QED) is 0.159. The number of nitrogens with zero attached hydrogens (tertiary/aromatic N) is 6. The zero-order valence-electron chi connectivity index (χ0n) is 19.3. The Balaban J connectivity index is 1.83. The van der Waals surface area contributed by atoms with Crippen LogP contribution in [0.15, 0.2) is 34.0 Å². The van der Waals surface area contributed by atoms with Gasteiger partial charge in [0.2, 0.25) is 11.0 Å². The van der Waals surface area contributed by atoms with Gasteiger partial charge in [-0.05, 0) is 19.1 Å². The van der Waals surface area contributed by atoms with Gasteiger partial charge in [0.25, 0.3) is 22.5 Å². The molecule has 0 fully saturated rings. The molecule has 3 rings (SSSR count). The molecule has 0 radical (unpaired) electrons. The van der Waals surface area contributed by atoms with Gasteiger partial charge in [-0.1, -0.05) is 22.9 Å². The summed E-state index contributed by atoms with van der Waals surface area (Å²) in [5.41, 5.74) is -1.65. The molecule has 38 heavy (non-hydrogen) atoms. The van der Waals surface area contributed by atoms with E-state index in [2.05, 4.69) is 10.2 Å². The average molecular weight is 588 g/mol. The Morgan fingerprint density at radius 3 is 2.63 bits per heavy atom. The van der Waals surface area contributed by atoms with Crippen LogP contribution in [0, 0.1) is 17.0 Å². The van der Waals surface area contributed by atoms with Crippen molar-refractivity contribution in [2.24, 2.45) is 0 Å². The van der Waals surface area contributed by atoms with E-state index < -0.39 is 52.4 Å². The van der Waals surface area contributed by atoms with Crippen LogP contribution in [0.2, 0.25) is 5.02 Å². The molecule has 3 aromatic rings. The molecule has 3 N–H and O–H groups in total. The van der Waals surface area contributed by atoms with E-state index in [1.807, 2.05) is 4.98 Å². The summed E-state index contributed by atoms with van der Waals surface area (Å²) in [6.45, 7) is -0.753. The van der Waals surface area contributed by atoms with Crippen molar-refractivity contribution in [3.8, 4) is 10.6 Å². The minimum absolute atomic E-state index is 0.0464. The molecule has 1 amide bonds. The first kappa shape index (κ1) is 28.6. The van der Waals surface area contributed by atoms with E-state index in [0.717, 1.165) is 37.4 Å². The maximum atomic E-state index is 12.8. The van der Waals surface area contributed by atoms with Crippen molar-refractivity contribution >= 4 is 56.9 Å². The van der Waals surface area contributed by atoms with Crippen molar-refractivity contribution in [3.05, 3.63) is 65.9 Å². The first-order valence-corrected chi connectivity index (χ1v) is 12.6. The SMILES string of the molecule is Cc1cn(CC(=O)N(CCN(c2nnc(-c3ccc(Cl)cc3[N+](=O)[O-])s2)S(=O)O)CC(=O)O)c(=O)[nH]c1=O. The van der Waals surface area contributed by atoms with Crippen LogP contribution in [0.3, 0.4) is 0 Å². The fraction of sp³-hybridized carbons (Fsp3) is 0.263. The van der Waals surface area contributed by atoms with Gasteiger partial charge in [-0.3, -0.25) is 38.6 Å². The third-order valence-electron chi connectivity index (χ3n) is 4.95. The molecule has 2 aromatic heterocycles. The number of halogens is 1. The number of hydrogen-bond donors (Lipinski definition) is 3. The number of carboxylic acid groups (broad SMARTS) is 1. The maximum absolute atomic E-state index is 12.8. The minimum Gasteiger partial charge on any atom is -0.480 e. The Morgan fingerprint density at radius 2 is 2.00 bits per heavy atom. The molecular weight excluding hydrogens is 570 g/mol. The van der Waals surface area contributed by atoms with Gasteiger partial charge in [0.05, 0.1) is 17.0 Å². The summed E-state index contributed by atoms with van der Waals surface area (Å²) in [7, 11) is 0. The Morgan fingerprint density at radius 1 is 1.29 bits per heavy atom. The average Bonchev–Trinajstić information content (AvgIpc) is 3.30. The van der Waals surface area contributed by atoms with Gasteiger partial charge < -0.3 is 10.0 Å². The number of aromatic nitrogens is 4. The summed E-state index contributed by atoms with van der Waals surface area (Å²) >= 11 is 3.87. The second-order valence-electron chi connectivity index (χ2n) is 7.55. The number of carboxylic acids is 1. The van der Waals surface area contributed by atoms with Crippen molar-refractivity contribution in [2.45, 2.75) is 13.5 Å². The lowest BCUT2D eigenvalue weighted by Gasteiger charge is -2.24. The van der Waals surface area contributed by atoms with Gasteiger partial charge in [-0.2, -0.15) is 0 Å². The molecule has 202 valence electrons. The van der Waals surface area contributed by atoms with E-state index >= 15 is 0 Å². The van der Waals surface area contributed by atoms with Crippen LogP contribution in [0.25, 0.3) is 10.6 Å². The van der Waals surface area contributed by atoms with Crippen molar-refractivity contribution in [3.63, 3.8) is 0 Å². The zero-order chi connectivity index (χ0) is 28.1. The highest BCUT2D eigenvalue weighted by Gasteiger charge is 2.25. The molecule has 0 aliphatic heterocycles. The van der Waals surface area contributed by atoms with E-state index in [1.54, 1.807) is 0 Å². The van der Waals surface area contributed by atoms with Gasteiger partial charge in [0, 0.05) is 29.4 Å². The lowest BCUT2D eigenvalue weighted by Crippen LogP contribution is -2.44. The number of aryl methyl sites for hydroxylation is 1. The molecule has 19 heteroatoms. The van der Waals surface area contributed by atoms with Crippen LogP contribution in [-0.2, 0) is 27.4 Å². The topological polar surface area (TPSA) is 222 Å². The summed E-state index contributed by atoms with van der Waals surface area (Å²) in [5, 5.41) is 28.3. The summed E-state index contributed by atoms with van der Waals surface area (Å²) in [6.07, 6.45) is 1.14. The monoisotopic (exact) mass is 587 g/mol. The van der Waals surface area contributed by atoms with Crippen LogP contribution < -0.4 is 15.6 Å². The lowest BCUT2D eigenvalue weighted by molar-refractivity contribution is -0.384. The first-order chi connectivity index (χ1) is 17.9. The molecule has 1 aromatic carbocycles. The molecule has 0 saturated carbocycles. The molecule has 0 bridgehead atoms. The summed E-state index contributed by atoms with van der Waals surface area (Å²) < 4.78 is 23.5. The van der Waals surface area contributed by atoms with Crippen LogP contribution in [0.1, 0.15) is 5.56 Å². The number of nitro groups is 1. The smallest absolute Gasteiger partial charge is 0.328 e. The number of carbonyl (C=O) groups excluding carboxylic acids is 1. The number of amides is 1. The van der Waals surface area contributed by atoms with E-state index in [1.165, 1.54) is 19.1 Å². The molecule has 2 heterocycles. The molecule has 0 spiro atoms. The van der Waals surface area contributed by atoms with Gasteiger partial charge in [0.15, 0.2) is 5.01 Å². The van der Waals surface area contributed by atoms with Crippen LogP contribution >= 0.6 is 22.9 Å². The number of aliphatic carboxylic acids is 1. The number of benzene rings is 1. The fourth-order valence-corrected chi connectivity index (χ4v) is 4.84. The summed E-state index contributed by atoms with van der Waals surface area (Å²) in [6, 6.07) is 3.86. The second kappa shape index (κ2) is 12.0. The predicted molar refractivity (Wildman–Crippen MR) is 135 cm³/mol. The number of aromatic amines is 1. The molecule has 0 aliphatic carbocycles. The largest absolute Gasteiger partial charge is 0.480 e. The molecule has 16 nitrogen and oxygen atoms in total. The third kappa shape index (κ3) is 6.85.